The summed E-state index contributed by atoms with van der Waals surface area (Å²) in [6, 6.07) is 11.0. The smallest absolute Gasteiger partial charge is 0.363 e. The second-order valence-electron chi connectivity index (χ2n) is 5.31. The summed E-state index contributed by atoms with van der Waals surface area (Å²) in [6.07, 6.45) is 1.60. The third-order valence-corrected chi connectivity index (χ3v) is 4.49. The van der Waals surface area contributed by atoms with Crippen molar-refractivity contribution in [2.24, 2.45) is 4.99 Å². The minimum absolute atomic E-state index is 0.196. The molecule has 0 unspecified atom stereocenters. The lowest BCUT2D eigenvalue weighted by Gasteiger charge is -2.11. The van der Waals surface area contributed by atoms with E-state index in [0.29, 0.717) is 28.7 Å². The molecule has 1 heterocycles. The van der Waals surface area contributed by atoms with E-state index >= 15 is 0 Å². The molecule has 0 aromatic heterocycles. The van der Waals surface area contributed by atoms with Gasteiger partial charge in [0.25, 0.3) is 0 Å². The monoisotopic (exact) mass is 483 g/mol. The van der Waals surface area contributed by atoms with E-state index < -0.39 is 5.97 Å². The Hall–Kier alpha value is -2.06. The van der Waals surface area contributed by atoms with Crippen LogP contribution in [0.1, 0.15) is 18.1 Å². The summed E-state index contributed by atoms with van der Waals surface area (Å²) < 4.78 is 17.1. The van der Waals surface area contributed by atoms with Gasteiger partial charge in [-0.25, -0.2) is 9.79 Å². The van der Waals surface area contributed by atoms with Crippen molar-refractivity contribution < 1.29 is 19.0 Å². The minimum atomic E-state index is -0.511. The van der Waals surface area contributed by atoms with Gasteiger partial charge in [-0.1, -0.05) is 17.7 Å². The molecule has 2 aromatic carbocycles. The van der Waals surface area contributed by atoms with Gasteiger partial charge in [0, 0.05) is 9.13 Å². The van der Waals surface area contributed by atoms with Crippen LogP contribution in [0.25, 0.3) is 6.08 Å². The highest BCUT2D eigenvalue weighted by Gasteiger charge is 2.24. The standard InChI is InChI=1S/C19H15ClINO4/c1-3-25-17-14(20)7-11(9-16(17)24-2)8-15-19(23)26-18(22-15)12-5-4-6-13(21)10-12/h4-10H,3H2,1-2H3/b15-8-. The van der Waals surface area contributed by atoms with Gasteiger partial charge in [-0.05, 0) is 71.5 Å². The van der Waals surface area contributed by atoms with Gasteiger partial charge in [0.2, 0.25) is 5.90 Å². The maximum atomic E-state index is 12.2. The Balaban J connectivity index is 1.97. The predicted molar refractivity (Wildman–Crippen MR) is 109 cm³/mol. The number of cyclic esters (lactones) is 1. The molecule has 2 aromatic rings. The quantitative estimate of drug-likeness (QED) is 0.352. The zero-order chi connectivity index (χ0) is 18.7. The number of nitrogens with zero attached hydrogens (tertiary/aromatic N) is 1. The van der Waals surface area contributed by atoms with Gasteiger partial charge in [-0.15, -0.1) is 0 Å². The Labute approximate surface area is 169 Å². The van der Waals surface area contributed by atoms with Gasteiger partial charge in [0.1, 0.15) is 0 Å². The number of carbonyl (C=O) groups is 1. The molecule has 0 fully saturated rings. The molecule has 1 aliphatic heterocycles. The van der Waals surface area contributed by atoms with E-state index in [2.05, 4.69) is 27.6 Å². The van der Waals surface area contributed by atoms with Crippen LogP contribution in [0, 0.1) is 3.57 Å². The molecule has 134 valence electrons. The molecule has 0 atom stereocenters. The lowest BCUT2D eigenvalue weighted by molar-refractivity contribution is -0.129. The number of esters is 1. The predicted octanol–water partition coefficient (Wildman–Crippen LogP) is 4.70. The highest BCUT2D eigenvalue weighted by molar-refractivity contribution is 14.1. The van der Waals surface area contributed by atoms with Crippen LogP contribution in [0.3, 0.4) is 0 Å². The third-order valence-electron chi connectivity index (χ3n) is 3.54. The van der Waals surface area contributed by atoms with Gasteiger partial charge in [0.15, 0.2) is 17.2 Å². The van der Waals surface area contributed by atoms with Gasteiger partial charge >= 0.3 is 5.97 Å². The largest absolute Gasteiger partial charge is 0.493 e. The first-order chi connectivity index (χ1) is 12.5. The maximum absolute atomic E-state index is 12.2. The average Bonchev–Trinajstić information content (AvgIpc) is 2.98. The summed E-state index contributed by atoms with van der Waals surface area (Å²) in [5.41, 5.74) is 1.60. The first-order valence-electron chi connectivity index (χ1n) is 7.80. The summed E-state index contributed by atoms with van der Waals surface area (Å²) in [7, 11) is 1.53. The molecule has 0 saturated carbocycles. The van der Waals surface area contributed by atoms with E-state index in [4.69, 9.17) is 25.8 Å². The molecule has 7 heteroatoms. The van der Waals surface area contributed by atoms with Crippen LogP contribution in [0.15, 0.2) is 47.1 Å². The molecule has 26 heavy (non-hydrogen) atoms. The molecule has 0 spiro atoms. The van der Waals surface area contributed by atoms with Crippen LogP contribution in [0.2, 0.25) is 5.02 Å². The molecule has 1 aliphatic rings. The zero-order valence-electron chi connectivity index (χ0n) is 14.1. The summed E-state index contributed by atoms with van der Waals surface area (Å²) >= 11 is 8.46. The second-order valence-corrected chi connectivity index (χ2v) is 6.97. The van der Waals surface area contributed by atoms with Crippen LogP contribution in [0.5, 0.6) is 11.5 Å². The van der Waals surface area contributed by atoms with E-state index in [1.54, 1.807) is 18.2 Å². The molecule has 0 saturated heterocycles. The van der Waals surface area contributed by atoms with Crippen molar-refractivity contribution in [1.82, 2.24) is 0 Å². The molecule has 5 nitrogen and oxygen atoms in total. The fraction of sp³-hybridized carbons (Fsp3) is 0.158. The van der Waals surface area contributed by atoms with Crippen molar-refractivity contribution in [2.75, 3.05) is 13.7 Å². The molecule has 0 amide bonds. The fourth-order valence-corrected chi connectivity index (χ4v) is 3.24. The molecular formula is C19H15ClINO4. The van der Waals surface area contributed by atoms with Crippen LogP contribution in [0.4, 0.5) is 0 Å². The van der Waals surface area contributed by atoms with E-state index in [0.717, 1.165) is 9.13 Å². The number of aliphatic imine (C=N–C) groups is 1. The Morgan fingerprint density at radius 2 is 2.12 bits per heavy atom. The number of hydrogen-bond donors (Lipinski definition) is 0. The second kappa shape index (κ2) is 8.09. The number of methoxy groups -OCH3 is 1. The van der Waals surface area contributed by atoms with Gasteiger partial charge in [-0.2, -0.15) is 0 Å². The van der Waals surface area contributed by atoms with Crippen molar-refractivity contribution in [3.8, 4) is 11.5 Å². The Kier molecular flexibility index (Phi) is 5.83. The number of carbonyl (C=O) groups excluding carboxylic acids is 1. The number of ether oxygens (including phenoxy) is 3. The highest BCUT2D eigenvalue weighted by atomic mass is 127. The molecule has 0 aliphatic carbocycles. The Bertz CT molecular complexity index is 924. The molecule has 0 N–H and O–H groups in total. The molecule has 0 bridgehead atoms. The number of hydrogen-bond acceptors (Lipinski definition) is 5. The van der Waals surface area contributed by atoms with Crippen molar-refractivity contribution in [3.05, 3.63) is 61.8 Å². The van der Waals surface area contributed by atoms with Crippen molar-refractivity contribution in [3.63, 3.8) is 0 Å². The first-order valence-corrected chi connectivity index (χ1v) is 9.26. The van der Waals surface area contributed by atoms with Crippen LogP contribution >= 0.6 is 34.2 Å². The third kappa shape index (κ3) is 4.02. The Morgan fingerprint density at radius 1 is 1.31 bits per heavy atom. The van der Waals surface area contributed by atoms with Gasteiger partial charge < -0.3 is 14.2 Å². The average molecular weight is 484 g/mol. The van der Waals surface area contributed by atoms with Crippen molar-refractivity contribution >= 4 is 52.1 Å². The maximum Gasteiger partial charge on any atom is 0.363 e. The SMILES string of the molecule is CCOc1c(Cl)cc(/C=C2\N=C(c3cccc(I)c3)OC2=O)cc1OC. The number of rotatable bonds is 5. The molecule has 0 radical (unpaired) electrons. The zero-order valence-corrected chi connectivity index (χ0v) is 17.0. The van der Waals surface area contributed by atoms with Crippen molar-refractivity contribution in [1.29, 1.82) is 0 Å². The topological polar surface area (TPSA) is 57.1 Å². The summed E-state index contributed by atoms with van der Waals surface area (Å²) in [5, 5.41) is 0.395. The summed E-state index contributed by atoms with van der Waals surface area (Å²) in [6.45, 7) is 2.33. The summed E-state index contributed by atoms with van der Waals surface area (Å²) in [4.78, 5) is 16.5. The van der Waals surface area contributed by atoms with E-state index in [1.165, 1.54) is 7.11 Å². The van der Waals surface area contributed by atoms with Crippen molar-refractivity contribution in [2.45, 2.75) is 6.92 Å². The number of benzene rings is 2. The van der Waals surface area contributed by atoms with Crippen LogP contribution < -0.4 is 9.47 Å². The molecular weight excluding hydrogens is 469 g/mol. The normalized spacial score (nSPS) is 15.0. The number of halogens is 2. The van der Waals surface area contributed by atoms with E-state index in [9.17, 15) is 4.79 Å². The van der Waals surface area contributed by atoms with Gasteiger partial charge in [-0.3, -0.25) is 0 Å². The minimum Gasteiger partial charge on any atom is -0.493 e. The first kappa shape index (κ1) is 18.7. The Morgan fingerprint density at radius 3 is 2.81 bits per heavy atom. The fourth-order valence-electron chi connectivity index (χ4n) is 2.42. The van der Waals surface area contributed by atoms with E-state index in [1.807, 2.05) is 31.2 Å². The highest BCUT2D eigenvalue weighted by Crippen LogP contribution is 2.37. The summed E-state index contributed by atoms with van der Waals surface area (Å²) in [5.74, 6) is 0.724. The van der Waals surface area contributed by atoms with Gasteiger partial charge in [0.05, 0.1) is 18.7 Å². The lowest BCUT2D eigenvalue weighted by Crippen LogP contribution is -2.05. The van der Waals surface area contributed by atoms with E-state index in [-0.39, 0.29) is 11.6 Å². The lowest BCUT2D eigenvalue weighted by atomic mass is 10.1. The molecule has 3 rings (SSSR count). The van der Waals surface area contributed by atoms with Crippen LogP contribution in [-0.4, -0.2) is 25.6 Å². The van der Waals surface area contributed by atoms with Crippen LogP contribution in [-0.2, 0) is 9.53 Å².